The van der Waals surface area contributed by atoms with Crippen molar-refractivity contribution in [1.29, 1.82) is 0 Å². The molecule has 2 rings (SSSR count). The standard InChI is InChI=1S/C12H12BrClN4S/c1-15-10-6-11(18-12(17-10)19-2)16-7-3-4-9(14)8(13)5-7/h3-6H,1-2H3,(H2,15,16,17,18). The molecular formula is C12H12BrClN4S. The van der Waals surface area contributed by atoms with Crippen LogP contribution in [-0.4, -0.2) is 23.3 Å². The molecule has 0 aliphatic rings. The van der Waals surface area contributed by atoms with E-state index < -0.39 is 0 Å². The second kappa shape index (κ2) is 6.45. The zero-order chi connectivity index (χ0) is 13.8. The molecule has 100 valence electrons. The van der Waals surface area contributed by atoms with Crippen LogP contribution in [0.4, 0.5) is 17.3 Å². The van der Waals surface area contributed by atoms with Gasteiger partial charge in [0.25, 0.3) is 0 Å². The van der Waals surface area contributed by atoms with Gasteiger partial charge < -0.3 is 10.6 Å². The minimum absolute atomic E-state index is 0.675. The molecule has 0 bridgehead atoms. The summed E-state index contributed by atoms with van der Waals surface area (Å²) < 4.78 is 0.840. The summed E-state index contributed by atoms with van der Waals surface area (Å²) >= 11 is 10.9. The molecule has 4 nitrogen and oxygen atoms in total. The van der Waals surface area contributed by atoms with E-state index in [2.05, 4.69) is 36.5 Å². The van der Waals surface area contributed by atoms with Gasteiger partial charge in [0.2, 0.25) is 0 Å². The molecule has 0 saturated carbocycles. The second-order valence-electron chi connectivity index (χ2n) is 3.63. The van der Waals surface area contributed by atoms with E-state index in [9.17, 15) is 0 Å². The van der Waals surface area contributed by atoms with E-state index in [1.165, 1.54) is 11.8 Å². The van der Waals surface area contributed by atoms with Crippen molar-refractivity contribution in [2.24, 2.45) is 0 Å². The van der Waals surface area contributed by atoms with Crippen LogP contribution in [0.2, 0.25) is 5.02 Å². The molecule has 19 heavy (non-hydrogen) atoms. The van der Waals surface area contributed by atoms with Crippen molar-refractivity contribution < 1.29 is 0 Å². The fourth-order valence-corrected chi connectivity index (χ4v) is 2.31. The predicted octanol–water partition coefficient (Wildman–Crippen LogP) is 4.40. The quantitative estimate of drug-likeness (QED) is 0.626. The Morgan fingerprint density at radius 2 is 1.95 bits per heavy atom. The van der Waals surface area contributed by atoms with Gasteiger partial charge in [-0.2, -0.15) is 0 Å². The lowest BCUT2D eigenvalue weighted by Gasteiger charge is -2.09. The Hall–Kier alpha value is -0.980. The first-order chi connectivity index (χ1) is 9.12. The van der Waals surface area contributed by atoms with Gasteiger partial charge >= 0.3 is 0 Å². The molecular weight excluding hydrogens is 348 g/mol. The molecule has 0 atom stereocenters. The van der Waals surface area contributed by atoms with Gasteiger partial charge in [0.15, 0.2) is 5.16 Å². The highest BCUT2D eigenvalue weighted by molar-refractivity contribution is 9.10. The molecule has 0 unspecified atom stereocenters. The number of rotatable bonds is 4. The number of anilines is 3. The molecule has 2 N–H and O–H groups in total. The highest BCUT2D eigenvalue weighted by atomic mass is 79.9. The third-order valence-corrected chi connectivity index (χ3v) is 4.10. The fraction of sp³-hybridized carbons (Fsp3) is 0.167. The zero-order valence-electron chi connectivity index (χ0n) is 10.4. The Balaban J connectivity index is 2.29. The summed E-state index contributed by atoms with van der Waals surface area (Å²) in [6.07, 6.45) is 1.94. The normalized spacial score (nSPS) is 10.3. The van der Waals surface area contributed by atoms with Gasteiger partial charge in [-0.3, -0.25) is 0 Å². The van der Waals surface area contributed by atoms with E-state index in [0.717, 1.165) is 21.8 Å². The van der Waals surface area contributed by atoms with Crippen LogP contribution >= 0.6 is 39.3 Å². The van der Waals surface area contributed by atoms with Crippen LogP contribution in [0.1, 0.15) is 0 Å². The van der Waals surface area contributed by atoms with Crippen molar-refractivity contribution in [3.63, 3.8) is 0 Å². The van der Waals surface area contributed by atoms with Crippen LogP contribution in [0.3, 0.4) is 0 Å². The molecule has 1 aromatic carbocycles. The Kier molecular flexibility index (Phi) is 4.90. The van der Waals surface area contributed by atoms with Crippen molar-refractivity contribution in [3.8, 4) is 0 Å². The summed E-state index contributed by atoms with van der Waals surface area (Å²) in [6, 6.07) is 7.47. The monoisotopic (exact) mass is 358 g/mol. The highest BCUT2D eigenvalue weighted by Gasteiger charge is 2.05. The molecule has 0 aliphatic carbocycles. The molecule has 1 aromatic heterocycles. The van der Waals surface area contributed by atoms with Crippen LogP contribution in [0.5, 0.6) is 0 Å². The maximum absolute atomic E-state index is 5.97. The van der Waals surface area contributed by atoms with E-state index in [1.54, 1.807) is 0 Å². The lowest BCUT2D eigenvalue weighted by Crippen LogP contribution is -2.00. The summed E-state index contributed by atoms with van der Waals surface area (Å²) in [6.45, 7) is 0. The van der Waals surface area contributed by atoms with Crippen molar-refractivity contribution in [2.75, 3.05) is 23.9 Å². The molecule has 0 saturated heterocycles. The number of hydrogen-bond acceptors (Lipinski definition) is 5. The number of nitrogens with zero attached hydrogens (tertiary/aromatic N) is 2. The largest absolute Gasteiger partial charge is 0.373 e. The number of hydrogen-bond donors (Lipinski definition) is 2. The second-order valence-corrected chi connectivity index (χ2v) is 5.66. The molecule has 7 heteroatoms. The molecule has 1 heterocycles. The predicted molar refractivity (Wildman–Crippen MR) is 85.8 cm³/mol. The molecule has 0 aliphatic heterocycles. The number of benzene rings is 1. The minimum Gasteiger partial charge on any atom is -0.373 e. The van der Waals surface area contributed by atoms with Crippen molar-refractivity contribution >= 4 is 56.6 Å². The number of aromatic nitrogens is 2. The van der Waals surface area contributed by atoms with Gasteiger partial charge in [-0.15, -0.1) is 0 Å². The van der Waals surface area contributed by atoms with Crippen LogP contribution in [0.25, 0.3) is 0 Å². The lowest BCUT2D eigenvalue weighted by atomic mass is 10.3. The topological polar surface area (TPSA) is 49.8 Å². The number of nitrogens with one attached hydrogen (secondary N) is 2. The summed E-state index contributed by atoms with van der Waals surface area (Å²) in [7, 11) is 1.83. The molecule has 0 amide bonds. The van der Waals surface area contributed by atoms with Crippen LogP contribution in [0.15, 0.2) is 33.9 Å². The van der Waals surface area contributed by atoms with E-state index in [1.807, 2.05) is 37.6 Å². The Morgan fingerprint density at radius 3 is 2.58 bits per heavy atom. The average molecular weight is 360 g/mol. The van der Waals surface area contributed by atoms with E-state index >= 15 is 0 Å². The minimum atomic E-state index is 0.675. The molecule has 0 spiro atoms. The van der Waals surface area contributed by atoms with E-state index in [0.29, 0.717) is 10.2 Å². The summed E-state index contributed by atoms with van der Waals surface area (Å²) in [5.74, 6) is 1.51. The van der Waals surface area contributed by atoms with Gasteiger partial charge in [-0.05, 0) is 40.4 Å². The van der Waals surface area contributed by atoms with E-state index in [4.69, 9.17) is 11.6 Å². The van der Waals surface area contributed by atoms with E-state index in [-0.39, 0.29) is 0 Å². The fourth-order valence-electron chi connectivity index (χ4n) is 1.43. The van der Waals surface area contributed by atoms with Gasteiger partial charge in [0, 0.05) is 23.3 Å². The first-order valence-corrected chi connectivity index (χ1v) is 7.85. The third kappa shape index (κ3) is 3.75. The number of halogens is 2. The summed E-state index contributed by atoms with van der Waals surface area (Å²) in [4.78, 5) is 8.71. The van der Waals surface area contributed by atoms with Crippen LogP contribution < -0.4 is 10.6 Å². The molecule has 0 fully saturated rings. The zero-order valence-corrected chi connectivity index (χ0v) is 13.5. The maximum Gasteiger partial charge on any atom is 0.191 e. The molecule has 2 aromatic rings. The van der Waals surface area contributed by atoms with Crippen molar-refractivity contribution in [1.82, 2.24) is 9.97 Å². The number of thioether (sulfide) groups is 1. The molecule has 0 radical (unpaired) electrons. The van der Waals surface area contributed by atoms with Gasteiger partial charge in [0.05, 0.1) is 5.02 Å². The first kappa shape index (κ1) is 14.4. The first-order valence-electron chi connectivity index (χ1n) is 5.45. The Bertz CT molecular complexity index is 572. The van der Waals surface area contributed by atoms with Crippen molar-refractivity contribution in [2.45, 2.75) is 5.16 Å². The van der Waals surface area contributed by atoms with Crippen molar-refractivity contribution in [3.05, 3.63) is 33.8 Å². The summed E-state index contributed by atoms with van der Waals surface area (Å²) in [5.41, 5.74) is 0.907. The lowest BCUT2D eigenvalue weighted by molar-refractivity contribution is 0.977. The van der Waals surface area contributed by atoms with Crippen LogP contribution in [-0.2, 0) is 0 Å². The highest BCUT2D eigenvalue weighted by Crippen LogP contribution is 2.27. The smallest absolute Gasteiger partial charge is 0.191 e. The van der Waals surface area contributed by atoms with Gasteiger partial charge in [-0.1, -0.05) is 23.4 Å². The van der Waals surface area contributed by atoms with Crippen LogP contribution in [0, 0.1) is 0 Å². The Morgan fingerprint density at radius 1 is 1.21 bits per heavy atom. The SMILES string of the molecule is CNc1cc(Nc2ccc(Cl)c(Br)c2)nc(SC)n1. The summed E-state index contributed by atoms with van der Waals surface area (Å²) in [5, 5.41) is 7.63. The Labute approximate surface area is 129 Å². The van der Waals surface area contributed by atoms with Gasteiger partial charge in [0.1, 0.15) is 11.6 Å². The average Bonchev–Trinajstić information content (AvgIpc) is 2.42. The maximum atomic E-state index is 5.97. The third-order valence-electron chi connectivity index (χ3n) is 2.34. The van der Waals surface area contributed by atoms with Gasteiger partial charge in [-0.25, -0.2) is 9.97 Å².